The first-order chi connectivity index (χ1) is 14.9. The van der Waals surface area contributed by atoms with Crippen LogP contribution in [0.15, 0.2) is 0 Å². The van der Waals surface area contributed by atoms with E-state index in [0.29, 0.717) is 26.1 Å². The van der Waals surface area contributed by atoms with Crippen molar-refractivity contribution in [2.75, 3.05) is 13.2 Å². The summed E-state index contributed by atoms with van der Waals surface area (Å²) >= 11 is 0. The van der Waals surface area contributed by atoms with Crippen LogP contribution in [0, 0.1) is 21.7 Å². The van der Waals surface area contributed by atoms with Gasteiger partial charge in [0.2, 0.25) is 0 Å². The summed E-state index contributed by atoms with van der Waals surface area (Å²) in [5.41, 5.74) is -0.586. The van der Waals surface area contributed by atoms with E-state index in [1.807, 2.05) is 96.9 Å². The van der Waals surface area contributed by atoms with Gasteiger partial charge in [-0.25, -0.2) is 0 Å². The van der Waals surface area contributed by atoms with E-state index in [1.54, 1.807) is 0 Å². The molecule has 216 valence electrons. The number of aliphatic hydroxyl groups is 6. The molecule has 0 amide bonds. The molecule has 0 spiro atoms. The molecule has 0 saturated heterocycles. The smallest absolute Gasteiger partial charge is 0.0613 e. The third-order valence-corrected chi connectivity index (χ3v) is 5.34. The standard InChI is InChI=1S/2C11H24O2.2C3H8O.Zr/c2*1-10(2,3)8(12)7-9(13)11(4,5)6;2*1-2-3-4;/h2*8-9,12-13H,7H2,1-6H3;2*4H,2-3H2,1H3;. The first-order valence-corrected chi connectivity index (χ1v) is 12.9. The van der Waals surface area contributed by atoms with Crippen LogP contribution in [0.3, 0.4) is 0 Å². The van der Waals surface area contributed by atoms with Crippen molar-refractivity contribution in [1.29, 1.82) is 0 Å². The van der Waals surface area contributed by atoms with Crippen LogP contribution < -0.4 is 0 Å². The topological polar surface area (TPSA) is 121 Å². The van der Waals surface area contributed by atoms with Crippen LogP contribution in [-0.4, -0.2) is 68.3 Å². The van der Waals surface area contributed by atoms with Crippen LogP contribution >= 0.6 is 0 Å². The summed E-state index contributed by atoms with van der Waals surface area (Å²) in [7, 11) is 0. The van der Waals surface area contributed by atoms with Crippen LogP contribution in [0.1, 0.15) is 123 Å². The molecule has 0 bridgehead atoms. The van der Waals surface area contributed by atoms with Gasteiger partial charge in [-0.3, -0.25) is 0 Å². The Morgan fingerprint density at radius 2 is 0.543 bits per heavy atom. The Balaban J connectivity index is -0.000000128. The molecule has 4 unspecified atom stereocenters. The molecule has 0 heterocycles. The Bertz CT molecular complexity index is 362. The zero-order valence-electron chi connectivity index (χ0n) is 25.7. The van der Waals surface area contributed by atoms with E-state index < -0.39 is 24.4 Å². The molecular formula is C28H64O6Zr. The van der Waals surface area contributed by atoms with E-state index in [2.05, 4.69) is 0 Å². The van der Waals surface area contributed by atoms with Crippen LogP contribution in [0.2, 0.25) is 0 Å². The molecule has 0 aromatic rings. The molecule has 0 radical (unpaired) electrons. The van der Waals surface area contributed by atoms with E-state index in [4.69, 9.17) is 10.2 Å². The molecule has 0 aliphatic heterocycles. The second-order valence-electron chi connectivity index (χ2n) is 13.4. The van der Waals surface area contributed by atoms with Crippen molar-refractivity contribution in [1.82, 2.24) is 0 Å². The van der Waals surface area contributed by atoms with E-state index in [9.17, 15) is 20.4 Å². The summed E-state index contributed by atoms with van der Waals surface area (Å²) < 4.78 is 0. The summed E-state index contributed by atoms with van der Waals surface area (Å²) in [6.45, 7) is 28.3. The van der Waals surface area contributed by atoms with E-state index in [0.717, 1.165) is 12.8 Å². The van der Waals surface area contributed by atoms with Gasteiger partial charge in [0, 0.05) is 52.3 Å². The Morgan fingerprint density at radius 1 is 0.429 bits per heavy atom. The number of hydrogen-bond donors (Lipinski definition) is 6. The minimum atomic E-state index is -0.443. The van der Waals surface area contributed by atoms with Gasteiger partial charge in [0.15, 0.2) is 0 Å². The Labute approximate surface area is 238 Å². The summed E-state index contributed by atoms with van der Waals surface area (Å²) in [6.07, 6.45) is 0.881. The van der Waals surface area contributed by atoms with Crippen LogP contribution in [0.25, 0.3) is 0 Å². The van der Waals surface area contributed by atoms with Crippen molar-refractivity contribution >= 4 is 0 Å². The van der Waals surface area contributed by atoms with Crippen molar-refractivity contribution in [3.63, 3.8) is 0 Å². The first-order valence-electron chi connectivity index (χ1n) is 12.9. The predicted octanol–water partition coefficient (Wildman–Crippen LogP) is 5.16. The fourth-order valence-corrected chi connectivity index (χ4v) is 1.84. The van der Waals surface area contributed by atoms with Crippen molar-refractivity contribution in [3.8, 4) is 0 Å². The van der Waals surface area contributed by atoms with Gasteiger partial charge < -0.3 is 30.6 Å². The van der Waals surface area contributed by atoms with E-state index >= 15 is 0 Å². The Kier molecular flexibility index (Phi) is 28.1. The minimum absolute atomic E-state index is 0. The van der Waals surface area contributed by atoms with E-state index in [1.165, 1.54) is 0 Å². The molecule has 35 heavy (non-hydrogen) atoms. The average Bonchev–Trinajstić information content (AvgIpc) is 2.65. The number of rotatable bonds is 6. The molecule has 0 aliphatic carbocycles. The molecule has 4 atom stereocenters. The molecule has 0 aromatic carbocycles. The molecule has 0 saturated carbocycles. The monoisotopic (exact) mass is 586 g/mol. The molecule has 6 nitrogen and oxygen atoms in total. The molecule has 0 rings (SSSR count). The molecule has 0 fully saturated rings. The second-order valence-corrected chi connectivity index (χ2v) is 13.4. The zero-order valence-corrected chi connectivity index (χ0v) is 28.2. The average molecular weight is 588 g/mol. The Hall–Kier alpha value is 0.643. The molecule has 7 heteroatoms. The van der Waals surface area contributed by atoms with Crippen LogP contribution in [0.4, 0.5) is 0 Å². The first kappa shape index (κ1) is 45.6. The quantitative estimate of drug-likeness (QED) is 0.255. The third-order valence-electron chi connectivity index (χ3n) is 5.34. The summed E-state index contributed by atoms with van der Waals surface area (Å²) in [5, 5.41) is 54.8. The summed E-state index contributed by atoms with van der Waals surface area (Å²) in [5.74, 6) is 0. The SMILES string of the molecule is CC(C)(C)C(O)CC(O)C(C)(C)C.CC(C)(C)C(O)CC(O)C(C)(C)C.CCCO.CCCO.[Zr]. The second kappa shape index (κ2) is 21.6. The van der Waals surface area contributed by atoms with Gasteiger partial charge in [-0.1, -0.05) is 96.9 Å². The normalized spacial score (nSPS) is 15.4. The van der Waals surface area contributed by atoms with Gasteiger partial charge in [-0.2, -0.15) is 0 Å². The molecule has 6 N–H and O–H groups in total. The molecular weight excluding hydrogens is 524 g/mol. The van der Waals surface area contributed by atoms with Crippen molar-refractivity contribution in [2.45, 2.75) is 147 Å². The van der Waals surface area contributed by atoms with Gasteiger partial charge >= 0.3 is 0 Å². The Morgan fingerprint density at radius 3 is 0.600 bits per heavy atom. The predicted molar refractivity (Wildman–Crippen MR) is 146 cm³/mol. The van der Waals surface area contributed by atoms with Gasteiger partial charge in [0.1, 0.15) is 0 Å². The molecule has 0 aliphatic rings. The van der Waals surface area contributed by atoms with Gasteiger partial charge in [0.25, 0.3) is 0 Å². The fourth-order valence-electron chi connectivity index (χ4n) is 1.84. The maximum absolute atomic E-state index is 9.76. The number of aliphatic hydroxyl groups excluding tert-OH is 6. The third kappa shape index (κ3) is 30.8. The van der Waals surface area contributed by atoms with Crippen molar-refractivity contribution in [2.24, 2.45) is 21.7 Å². The van der Waals surface area contributed by atoms with E-state index in [-0.39, 0.29) is 47.9 Å². The maximum Gasteiger partial charge on any atom is 0.0613 e. The number of hydrogen-bond acceptors (Lipinski definition) is 6. The van der Waals surface area contributed by atoms with Gasteiger partial charge in [-0.05, 0) is 34.5 Å². The van der Waals surface area contributed by atoms with Crippen molar-refractivity contribution < 1.29 is 56.8 Å². The molecule has 0 aromatic heterocycles. The maximum atomic E-state index is 9.76. The fraction of sp³-hybridized carbons (Fsp3) is 1.00. The zero-order chi connectivity index (χ0) is 28.6. The van der Waals surface area contributed by atoms with Crippen molar-refractivity contribution in [3.05, 3.63) is 0 Å². The minimum Gasteiger partial charge on any atom is -0.396 e. The van der Waals surface area contributed by atoms with Crippen LogP contribution in [-0.2, 0) is 26.2 Å². The largest absolute Gasteiger partial charge is 0.396 e. The summed E-state index contributed by atoms with van der Waals surface area (Å²) in [6, 6.07) is 0. The van der Waals surface area contributed by atoms with Crippen LogP contribution in [0.5, 0.6) is 0 Å². The van der Waals surface area contributed by atoms with Gasteiger partial charge in [-0.15, -0.1) is 0 Å². The summed E-state index contributed by atoms with van der Waals surface area (Å²) in [4.78, 5) is 0. The van der Waals surface area contributed by atoms with Gasteiger partial charge in [0.05, 0.1) is 24.4 Å².